The second-order valence-corrected chi connectivity index (χ2v) is 6.96. The number of carbonyl (C=O) groups is 1. The molecule has 0 spiro atoms. The number of nitrogens with zero attached hydrogens (tertiary/aromatic N) is 2. The van der Waals surface area contributed by atoms with Gasteiger partial charge in [0, 0.05) is 48.9 Å². The third-order valence-corrected chi connectivity index (χ3v) is 5.30. The molecular weight excluding hydrogens is 311 g/mol. The van der Waals surface area contributed by atoms with Crippen molar-refractivity contribution in [2.75, 3.05) is 26.2 Å². The van der Waals surface area contributed by atoms with Crippen LogP contribution in [0.15, 0.2) is 36.4 Å². The molecule has 2 aromatic rings. The molecule has 122 valence electrons. The highest BCUT2D eigenvalue weighted by Crippen LogP contribution is 2.29. The van der Waals surface area contributed by atoms with Gasteiger partial charge in [0.25, 0.3) is 0 Å². The number of halogens is 1. The van der Waals surface area contributed by atoms with Gasteiger partial charge in [0.15, 0.2) is 0 Å². The third kappa shape index (κ3) is 3.98. The van der Waals surface area contributed by atoms with Gasteiger partial charge in [-0.3, -0.25) is 9.69 Å². The summed E-state index contributed by atoms with van der Waals surface area (Å²) >= 11 is 1.71. The van der Waals surface area contributed by atoms with Crippen LogP contribution in [0, 0.1) is 5.82 Å². The Hall–Kier alpha value is -1.72. The molecule has 1 aromatic carbocycles. The molecule has 1 aromatic heterocycles. The van der Waals surface area contributed by atoms with Gasteiger partial charge in [-0.25, -0.2) is 4.39 Å². The van der Waals surface area contributed by atoms with Crippen molar-refractivity contribution < 1.29 is 9.18 Å². The Labute approximate surface area is 140 Å². The van der Waals surface area contributed by atoms with Crippen LogP contribution in [0.2, 0.25) is 0 Å². The van der Waals surface area contributed by atoms with E-state index in [1.807, 2.05) is 17.9 Å². The Balaban J connectivity index is 1.59. The van der Waals surface area contributed by atoms with E-state index in [0.29, 0.717) is 6.42 Å². The molecule has 0 saturated carbocycles. The maximum atomic E-state index is 13.3. The van der Waals surface area contributed by atoms with Crippen molar-refractivity contribution in [2.24, 2.45) is 0 Å². The Kier molecular flexibility index (Phi) is 5.08. The summed E-state index contributed by atoms with van der Waals surface area (Å²) < 4.78 is 13.3. The minimum absolute atomic E-state index is 0.200. The summed E-state index contributed by atoms with van der Waals surface area (Å²) in [6.07, 6.45) is 0.585. The zero-order chi connectivity index (χ0) is 16.2. The fourth-order valence-corrected chi connectivity index (χ4v) is 3.91. The normalized spacial score (nSPS) is 15.8. The van der Waals surface area contributed by atoms with Gasteiger partial charge < -0.3 is 4.90 Å². The highest BCUT2D eigenvalue weighted by molar-refractivity contribution is 7.15. The van der Waals surface area contributed by atoms with E-state index in [4.69, 9.17) is 0 Å². The number of carbonyl (C=O) groups excluding carboxylic acids is 1. The van der Waals surface area contributed by atoms with Crippen molar-refractivity contribution in [3.63, 3.8) is 0 Å². The molecule has 0 atom stereocenters. The van der Waals surface area contributed by atoms with Crippen LogP contribution in [0.4, 0.5) is 4.39 Å². The molecule has 2 heterocycles. The molecule has 0 aliphatic carbocycles. The maximum Gasteiger partial charge on any atom is 0.222 e. The lowest BCUT2D eigenvalue weighted by Gasteiger charge is -2.34. The lowest BCUT2D eigenvalue weighted by molar-refractivity contribution is -0.132. The highest BCUT2D eigenvalue weighted by atomic mass is 32.1. The number of benzene rings is 1. The lowest BCUT2D eigenvalue weighted by atomic mass is 10.2. The molecule has 1 aliphatic heterocycles. The Bertz CT molecular complexity index is 677. The van der Waals surface area contributed by atoms with E-state index in [2.05, 4.69) is 17.0 Å². The van der Waals surface area contributed by atoms with E-state index >= 15 is 0 Å². The summed E-state index contributed by atoms with van der Waals surface area (Å²) in [6, 6.07) is 10.9. The molecule has 0 radical (unpaired) electrons. The number of hydrogen-bond acceptors (Lipinski definition) is 3. The fourth-order valence-electron chi connectivity index (χ4n) is 2.86. The first kappa shape index (κ1) is 16.1. The smallest absolute Gasteiger partial charge is 0.222 e. The second kappa shape index (κ2) is 7.23. The van der Waals surface area contributed by atoms with Crippen LogP contribution < -0.4 is 0 Å². The Morgan fingerprint density at radius 3 is 2.65 bits per heavy atom. The average molecular weight is 332 g/mol. The standard InChI is InChI=1S/C18H21FN2OS/c1-2-18(22)21-10-8-20(9-11-21)13-16-6-7-17(23-16)14-4-3-5-15(19)12-14/h3-7,12H,2,8-11,13H2,1H3. The van der Waals surface area contributed by atoms with E-state index in [1.54, 1.807) is 23.5 Å². The molecule has 23 heavy (non-hydrogen) atoms. The average Bonchev–Trinajstić information content (AvgIpc) is 3.03. The van der Waals surface area contributed by atoms with E-state index in [1.165, 1.54) is 10.9 Å². The SMILES string of the molecule is CCC(=O)N1CCN(Cc2ccc(-c3cccc(F)c3)s2)CC1. The number of hydrogen-bond donors (Lipinski definition) is 0. The van der Waals surface area contributed by atoms with Crippen LogP contribution in [-0.4, -0.2) is 41.9 Å². The quantitative estimate of drug-likeness (QED) is 0.854. The van der Waals surface area contributed by atoms with E-state index in [9.17, 15) is 9.18 Å². The first-order valence-electron chi connectivity index (χ1n) is 8.00. The van der Waals surface area contributed by atoms with E-state index in [0.717, 1.165) is 43.2 Å². The van der Waals surface area contributed by atoms with Crippen LogP contribution in [-0.2, 0) is 11.3 Å². The summed E-state index contributed by atoms with van der Waals surface area (Å²) in [5.74, 6) is 0.0447. The zero-order valence-electron chi connectivity index (χ0n) is 13.3. The number of rotatable bonds is 4. The van der Waals surface area contributed by atoms with Gasteiger partial charge in [-0.05, 0) is 29.8 Å². The van der Waals surface area contributed by atoms with Crippen molar-refractivity contribution in [2.45, 2.75) is 19.9 Å². The number of piperazine rings is 1. The van der Waals surface area contributed by atoms with Crippen molar-refractivity contribution >= 4 is 17.2 Å². The summed E-state index contributed by atoms with van der Waals surface area (Å²) in [4.78, 5) is 18.4. The van der Waals surface area contributed by atoms with Crippen LogP contribution in [0.25, 0.3) is 10.4 Å². The summed E-state index contributed by atoms with van der Waals surface area (Å²) in [6.45, 7) is 6.27. The fraction of sp³-hybridized carbons (Fsp3) is 0.389. The van der Waals surface area contributed by atoms with Crippen LogP contribution in [0.1, 0.15) is 18.2 Å². The summed E-state index contributed by atoms with van der Waals surface area (Å²) in [7, 11) is 0. The molecule has 3 rings (SSSR count). The number of thiophene rings is 1. The highest BCUT2D eigenvalue weighted by Gasteiger charge is 2.20. The van der Waals surface area contributed by atoms with Gasteiger partial charge in [-0.2, -0.15) is 0 Å². The molecule has 1 amide bonds. The van der Waals surface area contributed by atoms with E-state index < -0.39 is 0 Å². The molecule has 5 heteroatoms. The Morgan fingerprint density at radius 1 is 1.17 bits per heavy atom. The van der Waals surface area contributed by atoms with Gasteiger partial charge in [-0.15, -0.1) is 11.3 Å². The lowest BCUT2D eigenvalue weighted by Crippen LogP contribution is -2.48. The molecule has 1 aliphatic rings. The van der Waals surface area contributed by atoms with Crippen LogP contribution in [0.3, 0.4) is 0 Å². The topological polar surface area (TPSA) is 23.6 Å². The maximum absolute atomic E-state index is 13.3. The van der Waals surface area contributed by atoms with Gasteiger partial charge in [-0.1, -0.05) is 19.1 Å². The molecule has 0 bridgehead atoms. The largest absolute Gasteiger partial charge is 0.340 e. The van der Waals surface area contributed by atoms with Gasteiger partial charge in [0.1, 0.15) is 5.82 Å². The predicted octanol–water partition coefficient (Wildman–Crippen LogP) is 3.61. The first-order chi connectivity index (χ1) is 11.2. The van der Waals surface area contributed by atoms with Crippen LogP contribution in [0.5, 0.6) is 0 Å². The molecule has 0 unspecified atom stereocenters. The first-order valence-corrected chi connectivity index (χ1v) is 8.82. The van der Waals surface area contributed by atoms with Gasteiger partial charge >= 0.3 is 0 Å². The molecular formula is C18H21FN2OS. The molecule has 3 nitrogen and oxygen atoms in total. The van der Waals surface area contributed by atoms with E-state index in [-0.39, 0.29) is 11.7 Å². The van der Waals surface area contributed by atoms with Crippen molar-refractivity contribution in [1.82, 2.24) is 9.80 Å². The molecule has 1 fully saturated rings. The summed E-state index contributed by atoms with van der Waals surface area (Å²) in [5.41, 5.74) is 0.930. The van der Waals surface area contributed by atoms with Gasteiger partial charge in [0.2, 0.25) is 5.91 Å². The van der Waals surface area contributed by atoms with Gasteiger partial charge in [0.05, 0.1) is 0 Å². The van der Waals surface area contributed by atoms with Crippen molar-refractivity contribution in [1.29, 1.82) is 0 Å². The molecule has 0 N–H and O–H groups in total. The van der Waals surface area contributed by atoms with Crippen LogP contribution >= 0.6 is 11.3 Å². The Morgan fingerprint density at radius 2 is 1.96 bits per heavy atom. The second-order valence-electron chi connectivity index (χ2n) is 5.79. The minimum atomic E-state index is -0.200. The summed E-state index contributed by atoms with van der Waals surface area (Å²) in [5, 5.41) is 0. The number of amides is 1. The minimum Gasteiger partial charge on any atom is -0.340 e. The zero-order valence-corrected chi connectivity index (χ0v) is 14.1. The predicted molar refractivity (Wildman–Crippen MR) is 91.9 cm³/mol. The van der Waals surface area contributed by atoms with Crippen molar-refractivity contribution in [3.8, 4) is 10.4 Å². The monoisotopic (exact) mass is 332 g/mol. The third-order valence-electron chi connectivity index (χ3n) is 4.18. The van der Waals surface area contributed by atoms with Crippen molar-refractivity contribution in [3.05, 3.63) is 47.1 Å². The molecule has 1 saturated heterocycles.